The van der Waals surface area contributed by atoms with Gasteiger partial charge in [-0.25, -0.2) is 0 Å². The fourth-order valence-corrected chi connectivity index (χ4v) is 1.92. The first kappa shape index (κ1) is 16.4. The molecule has 0 fully saturated rings. The third-order valence-corrected chi connectivity index (χ3v) is 3.13. The van der Waals surface area contributed by atoms with Crippen LogP contribution < -0.4 is 15.6 Å². The van der Waals surface area contributed by atoms with Crippen molar-refractivity contribution in [2.45, 2.75) is 19.4 Å². The number of nitrogens with one attached hydrogen (secondary N) is 2. The van der Waals surface area contributed by atoms with Crippen LogP contribution in [0.4, 0.5) is 0 Å². The summed E-state index contributed by atoms with van der Waals surface area (Å²) in [6.07, 6.45) is -0.297. The lowest BCUT2D eigenvalue weighted by Gasteiger charge is -2.17. The van der Waals surface area contributed by atoms with Crippen molar-refractivity contribution in [2.75, 3.05) is 0 Å². The van der Waals surface area contributed by atoms with Gasteiger partial charge >= 0.3 is 0 Å². The molecule has 1 atom stereocenters. The molecule has 0 spiro atoms. The van der Waals surface area contributed by atoms with Crippen molar-refractivity contribution in [3.63, 3.8) is 0 Å². The van der Waals surface area contributed by atoms with Gasteiger partial charge in [-0.3, -0.25) is 20.4 Å². The summed E-state index contributed by atoms with van der Waals surface area (Å²) in [7, 11) is 0. The van der Waals surface area contributed by atoms with Crippen LogP contribution in [0.25, 0.3) is 0 Å². The van der Waals surface area contributed by atoms with Gasteiger partial charge < -0.3 is 9.84 Å². The average Bonchev–Trinajstić information content (AvgIpc) is 2.58. The normalized spacial score (nSPS) is 11.3. The van der Waals surface area contributed by atoms with Gasteiger partial charge in [-0.05, 0) is 30.7 Å². The van der Waals surface area contributed by atoms with Gasteiger partial charge in [0.2, 0.25) is 0 Å². The van der Waals surface area contributed by atoms with Crippen molar-refractivity contribution >= 4 is 11.8 Å². The van der Waals surface area contributed by atoms with E-state index < -0.39 is 17.9 Å². The van der Waals surface area contributed by atoms with Crippen LogP contribution >= 0.6 is 0 Å². The minimum atomic E-state index is -0.734. The largest absolute Gasteiger partial charge is 0.507 e. The summed E-state index contributed by atoms with van der Waals surface area (Å²) >= 11 is 0. The molecule has 0 unspecified atom stereocenters. The number of rotatable bonds is 5. The zero-order valence-electron chi connectivity index (χ0n) is 12.7. The molecule has 6 nitrogen and oxygen atoms in total. The number of para-hydroxylation sites is 2. The summed E-state index contributed by atoms with van der Waals surface area (Å²) in [5, 5.41) is 9.60. The van der Waals surface area contributed by atoms with Gasteiger partial charge in [0.05, 0.1) is 5.56 Å². The number of aromatic hydroxyl groups is 1. The number of hydrazine groups is 1. The predicted molar refractivity (Wildman–Crippen MR) is 84.9 cm³/mol. The van der Waals surface area contributed by atoms with E-state index in [9.17, 15) is 14.7 Å². The maximum atomic E-state index is 12.1. The summed E-state index contributed by atoms with van der Waals surface area (Å²) in [6.45, 7) is 1.80. The molecule has 0 bridgehead atoms. The van der Waals surface area contributed by atoms with E-state index in [0.29, 0.717) is 12.2 Å². The highest BCUT2D eigenvalue weighted by molar-refractivity contribution is 5.98. The lowest BCUT2D eigenvalue weighted by Crippen LogP contribution is -2.47. The average molecular weight is 314 g/mol. The first-order valence-corrected chi connectivity index (χ1v) is 7.21. The Labute approximate surface area is 134 Å². The maximum absolute atomic E-state index is 12.1. The standard InChI is InChI=1S/C17H18N2O4/c1-2-15(23-12-8-4-3-5-9-12)17(22)19-18-16(21)13-10-6-7-11-14(13)20/h3-11,15,20H,2H2,1H3,(H,18,21)(H,19,22)/t15-/m1/s1. The maximum Gasteiger partial charge on any atom is 0.279 e. The predicted octanol–water partition coefficient (Wildman–Crippen LogP) is 2.01. The Morgan fingerprint density at radius 2 is 1.70 bits per heavy atom. The Morgan fingerprint density at radius 3 is 2.35 bits per heavy atom. The number of benzene rings is 2. The van der Waals surface area contributed by atoms with Crippen molar-refractivity contribution < 1.29 is 19.4 Å². The summed E-state index contributed by atoms with van der Waals surface area (Å²) in [4.78, 5) is 24.0. The quantitative estimate of drug-likeness (QED) is 0.737. The number of phenolic OH excluding ortho intramolecular Hbond substituents is 1. The molecular weight excluding hydrogens is 296 g/mol. The van der Waals surface area contributed by atoms with Gasteiger partial charge in [0.25, 0.3) is 11.8 Å². The van der Waals surface area contributed by atoms with Crippen LogP contribution in [-0.4, -0.2) is 23.0 Å². The molecule has 0 saturated carbocycles. The molecule has 0 saturated heterocycles. The van der Waals surface area contributed by atoms with E-state index in [1.165, 1.54) is 12.1 Å². The zero-order chi connectivity index (χ0) is 16.7. The smallest absolute Gasteiger partial charge is 0.279 e. The third kappa shape index (κ3) is 4.47. The summed E-state index contributed by atoms with van der Waals surface area (Å²) in [5.74, 6) is -0.667. The Morgan fingerprint density at radius 1 is 1.04 bits per heavy atom. The van der Waals surface area contributed by atoms with Crippen LogP contribution in [0.15, 0.2) is 54.6 Å². The van der Waals surface area contributed by atoms with E-state index in [2.05, 4.69) is 10.9 Å². The molecule has 3 N–H and O–H groups in total. The van der Waals surface area contributed by atoms with Gasteiger partial charge in [-0.15, -0.1) is 0 Å². The first-order chi connectivity index (χ1) is 11.1. The van der Waals surface area contributed by atoms with E-state index in [1.807, 2.05) is 6.07 Å². The molecule has 0 aliphatic carbocycles. The highest BCUT2D eigenvalue weighted by Crippen LogP contribution is 2.15. The molecule has 2 aromatic rings. The molecule has 2 aromatic carbocycles. The van der Waals surface area contributed by atoms with Crippen molar-refractivity contribution in [3.05, 3.63) is 60.2 Å². The highest BCUT2D eigenvalue weighted by Gasteiger charge is 2.19. The number of amides is 2. The number of carbonyl (C=O) groups excluding carboxylic acids is 2. The van der Waals surface area contributed by atoms with Crippen molar-refractivity contribution in [2.24, 2.45) is 0 Å². The lowest BCUT2D eigenvalue weighted by molar-refractivity contribution is -0.128. The molecule has 0 aliphatic rings. The van der Waals surface area contributed by atoms with Crippen LogP contribution in [0.3, 0.4) is 0 Å². The van der Waals surface area contributed by atoms with Crippen LogP contribution in [0.5, 0.6) is 11.5 Å². The topological polar surface area (TPSA) is 87.7 Å². The minimum absolute atomic E-state index is 0.0739. The van der Waals surface area contributed by atoms with Crippen molar-refractivity contribution in [3.8, 4) is 11.5 Å². The van der Waals surface area contributed by atoms with Crippen molar-refractivity contribution in [1.82, 2.24) is 10.9 Å². The molecule has 2 amide bonds. The van der Waals surface area contributed by atoms with E-state index in [4.69, 9.17) is 4.74 Å². The van der Waals surface area contributed by atoms with Crippen LogP contribution in [0.1, 0.15) is 23.7 Å². The number of ether oxygens (including phenoxy) is 1. The molecule has 0 heterocycles. The molecule has 6 heteroatoms. The number of phenols is 1. The second kappa shape index (κ2) is 7.84. The summed E-state index contributed by atoms with van der Waals surface area (Å²) in [6, 6.07) is 15.0. The molecule has 2 rings (SSSR count). The molecule has 120 valence electrons. The van der Waals surface area contributed by atoms with E-state index >= 15 is 0 Å². The van der Waals surface area contributed by atoms with Gasteiger partial charge in [-0.2, -0.15) is 0 Å². The highest BCUT2D eigenvalue weighted by atomic mass is 16.5. The van der Waals surface area contributed by atoms with Crippen LogP contribution in [0, 0.1) is 0 Å². The number of hydrogen-bond acceptors (Lipinski definition) is 4. The molecule has 0 aromatic heterocycles. The fraction of sp³-hybridized carbons (Fsp3) is 0.176. The van der Waals surface area contributed by atoms with Crippen molar-refractivity contribution in [1.29, 1.82) is 0 Å². The second-order valence-corrected chi connectivity index (χ2v) is 4.79. The van der Waals surface area contributed by atoms with E-state index in [0.717, 1.165) is 0 Å². The number of hydrogen-bond donors (Lipinski definition) is 3. The fourth-order valence-electron chi connectivity index (χ4n) is 1.92. The van der Waals surface area contributed by atoms with Gasteiger partial charge in [0.15, 0.2) is 6.10 Å². The third-order valence-electron chi connectivity index (χ3n) is 3.13. The van der Waals surface area contributed by atoms with Crippen LogP contribution in [-0.2, 0) is 4.79 Å². The minimum Gasteiger partial charge on any atom is -0.507 e. The molecule has 0 aliphatic heterocycles. The Bertz CT molecular complexity index is 673. The Balaban J connectivity index is 1.92. The molecular formula is C17H18N2O4. The summed E-state index contributed by atoms with van der Waals surface area (Å²) in [5.41, 5.74) is 4.64. The van der Waals surface area contributed by atoms with E-state index in [1.54, 1.807) is 43.3 Å². The SMILES string of the molecule is CC[C@@H](Oc1ccccc1)C(=O)NNC(=O)c1ccccc1O. The summed E-state index contributed by atoms with van der Waals surface area (Å²) < 4.78 is 5.57. The van der Waals surface area contributed by atoms with Gasteiger partial charge in [0, 0.05) is 0 Å². The van der Waals surface area contributed by atoms with E-state index in [-0.39, 0.29) is 11.3 Å². The Kier molecular flexibility index (Phi) is 5.57. The molecule has 0 radical (unpaired) electrons. The monoisotopic (exact) mass is 314 g/mol. The Hall–Kier alpha value is -3.02. The van der Waals surface area contributed by atoms with Gasteiger partial charge in [-0.1, -0.05) is 37.3 Å². The lowest BCUT2D eigenvalue weighted by atomic mass is 10.2. The zero-order valence-corrected chi connectivity index (χ0v) is 12.7. The van der Waals surface area contributed by atoms with Crippen LogP contribution in [0.2, 0.25) is 0 Å². The first-order valence-electron chi connectivity index (χ1n) is 7.21. The molecule has 23 heavy (non-hydrogen) atoms. The second-order valence-electron chi connectivity index (χ2n) is 4.79. The number of carbonyl (C=O) groups is 2. The van der Waals surface area contributed by atoms with Gasteiger partial charge in [0.1, 0.15) is 11.5 Å².